The van der Waals surface area contributed by atoms with Crippen molar-refractivity contribution >= 4 is 21.9 Å². The summed E-state index contributed by atoms with van der Waals surface area (Å²) < 4.78 is 17.0. The molecule has 0 fully saturated rings. The molecule has 31 heavy (non-hydrogen) atoms. The molecule has 0 spiro atoms. The lowest BCUT2D eigenvalue weighted by molar-refractivity contribution is 0.624. The van der Waals surface area contributed by atoms with Gasteiger partial charge >= 0.3 is 0 Å². The van der Waals surface area contributed by atoms with Gasteiger partial charge in [-0.3, -0.25) is 9.78 Å². The highest BCUT2D eigenvalue weighted by molar-refractivity contribution is 5.84. The molecule has 6 aromatic rings. The molecule has 3 aromatic heterocycles. The largest absolute Gasteiger partial charge is 0.278 e. The number of nitrogens with zero attached hydrogens (tertiary/aromatic N) is 6. The van der Waals surface area contributed by atoms with Crippen molar-refractivity contribution in [3.63, 3.8) is 0 Å². The maximum Gasteiger partial charge on any atom is 0.123 e. The van der Waals surface area contributed by atoms with Crippen LogP contribution < -0.4 is 0 Å². The van der Waals surface area contributed by atoms with Crippen molar-refractivity contribution in [2.45, 2.75) is 6.54 Å². The molecule has 0 saturated heterocycles. The Kier molecular flexibility index (Phi) is 3.89. The molecule has 0 unspecified atom stereocenters. The molecule has 3 aromatic carbocycles. The number of rotatable bonds is 4. The van der Waals surface area contributed by atoms with E-state index in [4.69, 9.17) is 0 Å². The van der Waals surface area contributed by atoms with Crippen LogP contribution in [0, 0.1) is 5.82 Å². The van der Waals surface area contributed by atoms with Crippen molar-refractivity contribution in [3.05, 3.63) is 90.5 Å². The number of halogens is 1. The minimum absolute atomic E-state index is 0.246. The lowest BCUT2D eigenvalue weighted by atomic mass is 10.1. The minimum Gasteiger partial charge on any atom is -0.278 e. The second-order valence-corrected chi connectivity index (χ2v) is 7.35. The van der Waals surface area contributed by atoms with Crippen LogP contribution in [-0.4, -0.2) is 35.0 Å². The van der Waals surface area contributed by atoms with Crippen molar-refractivity contribution < 1.29 is 4.39 Å². The quantitative estimate of drug-likeness (QED) is 0.470. The molecule has 1 N–H and O–H groups in total. The van der Waals surface area contributed by atoms with E-state index in [-0.39, 0.29) is 5.82 Å². The molecule has 0 bridgehead atoms. The summed E-state index contributed by atoms with van der Waals surface area (Å²) in [4.78, 5) is 0. The van der Waals surface area contributed by atoms with E-state index in [9.17, 15) is 4.39 Å². The van der Waals surface area contributed by atoms with E-state index in [2.05, 4.69) is 31.7 Å². The average Bonchev–Trinajstić information content (AvgIpc) is 3.53. The van der Waals surface area contributed by atoms with Gasteiger partial charge in [-0.25, -0.2) is 9.07 Å². The van der Waals surface area contributed by atoms with Crippen LogP contribution in [0.2, 0.25) is 0 Å². The Morgan fingerprint density at radius 2 is 1.84 bits per heavy atom. The molecule has 0 amide bonds. The molecule has 150 valence electrons. The van der Waals surface area contributed by atoms with Crippen molar-refractivity contribution in [2.24, 2.45) is 0 Å². The molecule has 0 radical (unpaired) electrons. The zero-order valence-corrected chi connectivity index (χ0v) is 16.3. The van der Waals surface area contributed by atoms with Gasteiger partial charge in [0.2, 0.25) is 0 Å². The van der Waals surface area contributed by atoms with E-state index >= 15 is 0 Å². The summed E-state index contributed by atoms with van der Waals surface area (Å²) in [5.41, 5.74) is 6.48. The first-order valence-electron chi connectivity index (χ1n) is 9.80. The number of hydrogen-bond acceptors (Lipinski definition) is 4. The van der Waals surface area contributed by atoms with Gasteiger partial charge in [0.15, 0.2) is 0 Å². The zero-order valence-electron chi connectivity index (χ0n) is 16.3. The first-order chi connectivity index (χ1) is 15.2. The molecule has 7 nitrogen and oxygen atoms in total. The summed E-state index contributed by atoms with van der Waals surface area (Å²) in [7, 11) is 0. The molecular weight excluding hydrogens is 393 g/mol. The molecular formula is C23H16FN7. The third-order valence-corrected chi connectivity index (χ3v) is 5.37. The van der Waals surface area contributed by atoms with Crippen LogP contribution in [0.25, 0.3) is 38.9 Å². The van der Waals surface area contributed by atoms with Gasteiger partial charge in [-0.1, -0.05) is 23.4 Å². The highest BCUT2D eigenvalue weighted by Crippen LogP contribution is 2.26. The van der Waals surface area contributed by atoms with Crippen molar-refractivity contribution in [1.29, 1.82) is 0 Å². The van der Waals surface area contributed by atoms with Crippen LogP contribution in [0.15, 0.2) is 79.1 Å². The summed E-state index contributed by atoms with van der Waals surface area (Å²) in [6, 6.07) is 20.5. The predicted octanol–water partition coefficient (Wildman–Crippen LogP) is 4.35. The van der Waals surface area contributed by atoms with E-state index < -0.39 is 0 Å². The molecule has 8 heteroatoms. The first-order valence-corrected chi connectivity index (χ1v) is 9.80. The van der Waals surface area contributed by atoms with Gasteiger partial charge in [0.25, 0.3) is 0 Å². The van der Waals surface area contributed by atoms with Crippen LogP contribution in [0.4, 0.5) is 4.39 Å². The predicted molar refractivity (Wildman–Crippen MR) is 115 cm³/mol. The standard InChI is InChI=1S/C23H16FN7/c24-18-5-1-15(2-6-18)14-30-22(9-10-26-30)16-4-8-20-23(11-16)31(29-28-20)19-7-3-17-13-25-27-21(17)12-19/h1-13H,14H2,(H,25,27). The SMILES string of the molecule is Fc1ccc(Cn2nccc2-c2ccc3nnn(-c4ccc5cn[nH]c5c4)c3c2)cc1. The Balaban J connectivity index is 1.41. The van der Waals surface area contributed by atoms with Gasteiger partial charge in [-0.2, -0.15) is 10.2 Å². The minimum atomic E-state index is -0.246. The fourth-order valence-electron chi connectivity index (χ4n) is 3.79. The maximum atomic E-state index is 13.2. The molecule has 0 aliphatic heterocycles. The van der Waals surface area contributed by atoms with Gasteiger partial charge in [0, 0.05) is 17.1 Å². The Labute approximate surface area is 175 Å². The molecule has 0 aliphatic rings. The third kappa shape index (κ3) is 3.05. The van der Waals surface area contributed by atoms with E-state index in [0.717, 1.165) is 44.4 Å². The lowest BCUT2D eigenvalue weighted by Crippen LogP contribution is -2.04. The summed E-state index contributed by atoms with van der Waals surface area (Å²) in [5, 5.41) is 21.2. The number of aromatic amines is 1. The number of hydrogen-bond donors (Lipinski definition) is 1. The maximum absolute atomic E-state index is 13.2. The van der Waals surface area contributed by atoms with Gasteiger partial charge in [0.05, 0.1) is 35.2 Å². The zero-order chi connectivity index (χ0) is 20.8. The van der Waals surface area contributed by atoms with E-state index in [1.807, 2.05) is 45.8 Å². The number of nitrogens with one attached hydrogen (secondary N) is 1. The van der Waals surface area contributed by atoms with Gasteiger partial charge in [-0.15, -0.1) is 5.10 Å². The number of fused-ring (bicyclic) bond motifs is 2. The topological polar surface area (TPSA) is 77.2 Å². The fraction of sp³-hybridized carbons (Fsp3) is 0.0435. The normalized spacial score (nSPS) is 11.5. The van der Waals surface area contributed by atoms with Crippen LogP contribution >= 0.6 is 0 Å². The highest BCUT2D eigenvalue weighted by atomic mass is 19.1. The van der Waals surface area contributed by atoms with E-state index in [1.165, 1.54) is 12.1 Å². The molecule has 0 atom stereocenters. The van der Waals surface area contributed by atoms with Crippen LogP contribution in [0.3, 0.4) is 0 Å². The van der Waals surface area contributed by atoms with Crippen molar-refractivity contribution in [3.8, 4) is 16.9 Å². The molecule has 0 aliphatic carbocycles. The molecule has 3 heterocycles. The Morgan fingerprint density at radius 1 is 0.935 bits per heavy atom. The molecule has 0 saturated carbocycles. The number of H-pyrrole nitrogens is 1. The van der Waals surface area contributed by atoms with Gasteiger partial charge in [-0.05, 0) is 54.1 Å². The fourth-order valence-corrected chi connectivity index (χ4v) is 3.79. The first kappa shape index (κ1) is 17.5. The third-order valence-electron chi connectivity index (χ3n) is 5.37. The Hall–Kier alpha value is -4.33. The monoisotopic (exact) mass is 409 g/mol. The van der Waals surface area contributed by atoms with E-state index in [1.54, 1.807) is 24.5 Å². The lowest BCUT2D eigenvalue weighted by Gasteiger charge is -2.09. The van der Waals surface area contributed by atoms with Crippen LogP contribution in [0.1, 0.15) is 5.56 Å². The average molecular weight is 409 g/mol. The highest BCUT2D eigenvalue weighted by Gasteiger charge is 2.12. The smallest absolute Gasteiger partial charge is 0.123 e. The number of benzene rings is 3. The summed E-state index contributed by atoms with van der Waals surface area (Å²) in [5.74, 6) is -0.246. The second kappa shape index (κ2) is 6.88. The molecule has 6 rings (SSSR count). The number of aromatic nitrogens is 7. The van der Waals surface area contributed by atoms with Crippen molar-refractivity contribution in [1.82, 2.24) is 35.0 Å². The summed E-state index contributed by atoms with van der Waals surface area (Å²) >= 11 is 0. The summed E-state index contributed by atoms with van der Waals surface area (Å²) in [6.45, 7) is 0.550. The second-order valence-electron chi connectivity index (χ2n) is 7.35. The van der Waals surface area contributed by atoms with E-state index in [0.29, 0.717) is 6.54 Å². The van der Waals surface area contributed by atoms with Crippen LogP contribution in [-0.2, 0) is 6.54 Å². The van der Waals surface area contributed by atoms with Crippen molar-refractivity contribution in [2.75, 3.05) is 0 Å². The van der Waals surface area contributed by atoms with Crippen LogP contribution in [0.5, 0.6) is 0 Å². The Bertz CT molecular complexity index is 1520. The van der Waals surface area contributed by atoms with Gasteiger partial charge in [0.1, 0.15) is 11.3 Å². The van der Waals surface area contributed by atoms with Gasteiger partial charge < -0.3 is 0 Å². The summed E-state index contributed by atoms with van der Waals surface area (Å²) in [6.07, 6.45) is 3.56. The Morgan fingerprint density at radius 3 is 2.74 bits per heavy atom.